The van der Waals surface area contributed by atoms with Gasteiger partial charge in [-0.1, -0.05) is 30.0 Å². The number of benzene rings is 1. The number of esters is 1. The molecule has 0 unspecified atom stereocenters. The summed E-state index contributed by atoms with van der Waals surface area (Å²) in [5, 5.41) is 0.800. The fraction of sp³-hybridized carbons (Fsp3) is 0.267. The van der Waals surface area contributed by atoms with Crippen molar-refractivity contribution in [3.05, 3.63) is 47.3 Å². The first-order chi connectivity index (χ1) is 10.2. The van der Waals surface area contributed by atoms with Gasteiger partial charge < -0.3 is 4.74 Å². The molecule has 5 nitrogen and oxygen atoms in total. The van der Waals surface area contributed by atoms with Gasteiger partial charge in [0.15, 0.2) is 5.16 Å². The molecule has 1 aliphatic heterocycles. The summed E-state index contributed by atoms with van der Waals surface area (Å²) in [6.45, 7) is 4.46. The number of fused-ring (bicyclic) bond motifs is 1. The first-order valence-corrected chi connectivity index (χ1v) is 7.52. The van der Waals surface area contributed by atoms with Gasteiger partial charge >= 0.3 is 5.97 Å². The van der Waals surface area contributed by atoms with Crippen molar-refractivity contribution in [2.24, 2.45) is 0 Å². The number of hydrogen-bond acceptors (Lipinski definition) is 5. The van der Waals surface area contributed by atoms with Crippen LogP contribution < -0.4 is 5.56 Å². The molecular formula is C15H14N2O3S. The van der Waals surface area contributed by atoms with Crippen molar-refractivity contribution in [1.29, 1.82) is 0 Å². The fourth-order valence-corrected chi connectivity index (χ4v) is 3.31. The predicted molar refractivity (Wildman–Crippen MR) is 81.4 cm³/mol. The van der Waals surface area contributed by atoms with Gasteiger partial charge in [-0.3, -0.25) is 14.2 Å². The van der Waals surface area contributed by atoms with E-state index >= 15 is 0 Å². The lowest BCUT2D eigenvalue weighted by Crippen LogP contribution is -2.24. The number of ether oxygens (including phenoxy) is 1. The average Bonchev–Trinajstić information content (AvgIpc) is 2.88. The molecule has 0 saturated carbocycles. The number of thioether (sulfide) groups is 1. The van der Waals surface area contributed by atoms with Crippen molar-refractivity contribution < 1.29 is 9.53 Å². The molecule has 6 heteroatoms. The molecule has 1 atom stereocenters. The van der Waals surface area contributed by atoms with Crippen molar-refractivity contribution >= 4 is 28.6 Å². The third kappa shape index (κ3) is 2.58. The number of para-hydroxylation sites is 1. The maximum absolute atomic E-state index is 12.5. The van der Waals surface area contributed by atoms with Gasteiger partial charge in [0.2, 0.25) is 0 Å². The van der Waals surface area contributed by atoms with Crippen LogP contribution in [0.25, 0.3) is 10.9 Å². The van der Waals surface area contributed by atoms with E-state index in [0.29, 0.717) is 35.6 Å². The Morgan fingerprint density at radius 3 is 2.95 bits per heavy atom. The first kappa shape index (κ1) is 13.9. The van der Waals surface area contributed by atoms with Gasteiger partial charge in [-0.2, -0.15) is 0 Å². The molecular weight excluding hydrogens is 288 g/mol. The van der Waals surface area contributed by atoms with Crippen molar-refractivity contribution in [1.82, 2.24) is 9.55 Å². The Labute approximate surface area is 125 Å². The molecule has 2 heterocycles. The van der Waals surface area contributed by atoms with Crippen LogP contribution in [0.4, 0.5) is 0 Å². The van der Waals surface area contributed by atoms with Crippen LogP contribution in [0, 0.1) is 0 Å². The van der Waals surface area contributed by atoms with Crippen LogP contribution in [0.3, 0.4) is 0 Å². The largest absolute Gasteiger partial charge is 0.465 e. The topological polar surface area (TPSA) is 61.2 Å². The van der Waals surface area contributed by atoms with E-state index < -0.39 is 0 Å². The third-order valence-corrected chi connectivity index (χ3v) is 4.51. The Morgan fingerprint density at radius 2 is 2.24 bits per heavy atom. The van der Waals surface area contributed by atoms with Crippen molar-refractivity contribution in [3.8, 4) is 0 Å². The molecule has 0 bridgehead atoms. The van der Waals surface area contributed by atoms with Crippen LogP contribution >= 0.6 is 11.8 Å². The van der Waals surface area contributed by atoms with Gasteiger partial charge in [0, 0.05) is 13.0 Å². The SMILES string of the molecule is C=CCn1c(S[C@@H]2CCOC2=O)nc2ccccc2c1=O. The number of hydrogen-bond donors (Lipinski definition) is 0. The van der Waals surface area contributed by atoms with E-state index in [1.807, 2.05) is 12.1 Å². The summed E-state index contributed by atoms with van der Waals surface area (Å²) in [6, 6.07) is 7.20. The summed E-state index contributed by atoms with van der Waals surface area (Å²) < 4.78 is 6.51. The smallest absolute Gasteiger partial charge is 0.319 e. The highest BCUT2D eigenvalue weighted by Crippen LogP contribution is 2.28. The zero-order valence-corrected chi connectivity index (χ0v) is 12.1. The van der Waals surface area contributed by atoms with Crippen LogP contribution in [-0.4, -0.2) is 27.4 Å². The van der Waals surface area contributed by atoms with E-state index in [1.54, 1.807) is 22.8 Å². The van der Waals surface area contributed by atoms with Gasteiger partial charge in [-0.05, 0) is 12.1 Å². The maximum Gasteiger partial charge on any atom is 0.319 e. The number of aromatic nitrogens is 2. The molecule has 1 aliphatic rings. The van der Waals surface area contributed by atoms with E-state index in [9.17, 15) is 9.59 Å². The van der Waals surface area contributed by atoms with Crippen molar-refractivity contribution in [2.45, 2.75) is 23.4 Å². The Morgan fingerprint density at radius 1 is 1.43 bits per heavy atom. The van der Waals surface area contributed by atoms with E-state index in [-0.39, 0.29) is 16.8 Å². The highest BCUT2D eigenvalue weighted by Gasteiger charge is 2.29. The van der Waals surface area contributed by atoms with Gasteiger partial charge in [0.25, 0.3) is 5.56 Å². The molecule has 1 saturated heterocycles. The second-order valence-electron chi connectivity index (χ2n) is 4.68. The van der Waals surface area contributed by atoms with Gasteiger partial charge in [-0.25, -0.2) is 4.98 Å². The molecule has 0 aliphatic carbocycles. The minimum atomic E-state index is -0.297. The zero-order chi connectivity index (χ0) is 14.8. The minimum Gasteiger partial charge on any atom is -0.465 e. The van der Waals surface area contributed by atoms with Gasteiger partial charge in [-0.15, -0.1) is 6.58 Å². The minimum absolute atomic E-state index is 0.116. The third-order valence-electron chi connectivity index (χ3n) is 3.27. The monoisotopic (exact) mass is 302 g/mol. The first-order valence-electron chi connectivity index (χ1n) is 6.64. The second-order valence-corrected chi connectivity index (χ2v) is 5.85. The van der Waals surface area contributed by atoms with Crippen LogP contribution in [0.1, 0.15) is 6.42 Å². The van der Waals surface area contributed by atoms with Crippen LogP contribution in [-0.2, 0) is 16.1 Å². The molecule has 0 radical (unpaired) electrons. The lowest BCUT2D eigenvalue weighted by Gasteiger charge is -2.12. The molecule has 1 aromatic heterocycles. The summed E-state index contributed by atoms with van der Waals surface area (Å²) in [5.41, 5.74) is 0.519. The van der Waals surface area contributed by atoms with E-state index in [1.165, 1.54) is 11.8 Å². The Bertz CT molecular complexity index is 769. The number of rotatable bonds is 4. The lowest BCUT2D eigenvalue weighted by atomic mass is 10.2. The molecule has 0 N–H and O–H groups in total. The summed E-state index contributed by atoms with van der Waals surface area (Å²) in [7, 11) is 0. The maximum atomic E-state index is 12.5. The molecule has 1 fully saturated rings. The molecule has 0 spiro atoms. The highest BCUT2D eigenvalue weighted by atomic mass is 32.2. The number of cyclic esters (lactones) is 1. The Kier molecular flexibility index (Phi) is 3.79. The summed E-state index contributed by atoms with van der Waals surface area (Å²) in [5.74, 6) is -0.243. The van der Waals surface area contributed by atoms with Crippen LogP contribution in [0.15, 0.2) is 46.9 Å². The number of carbonyl (C=O) groups excluding carboxylic acids is 1. The average molecular weight is 302 g/mol. The lowest BCUT2D eigenvalue weighted by molar-refractivity contribution is -0.137. The molecule has 108 valence electrons. The predicted octanol–water partition coefficient (Wildman–Crippen LogP) is 1.99. The Balaban J connectivity index is 2.10. The van der Waals surface area contributed by atoms with Crippen molar-refractivity contribution in [2.75, 3.05) is 6.61 Å². The van der Waals surface area contributed by atoms with Crippen LogP contribution in [0.2, 0.25) is 0 Å². The fourth-order valence-electron chi connectivity index (χ4n) is 2.24. The standard InChI is InChI=1S/C15H14N2O3S/c1-2-8-17-13(18)10-5-3-4-6-11(10)16-15(17)21-12-7-9-20-14(12)19/h2-6,12H,1,7-9H2/t12-/m1/s1. The zero-order valence-electron chi connectivity index (χ0n) is 11.3. The normalized spacial score (nSPS) is 17.9. The summed E-state index contributed by atoms with van der Waals surface area (Å²) in [6.07, 6.45) is 2.29. The molecule has 3 rings (SSSR count). The van der Waals surface area contributed by atoms with Crippen LogP contribution in [0.5, 0.6) is 0 Å². The number of allylic oxidation sites excluding steroid dienone is 1. The number of nitrogens with zero attached hydrogens (tertiary/aromatic N) is 2. The molecule has 0 amide bonds. The van der Waals surface area contributed by atoms with Crippen molar-refractivity contribution in [3.63, 3.8) is 0 Å². The summed E-state index contributed by atoms with van der Waals surface area (Å²) >= 11 is 1.28. The van der Waals surface area contributed by atoms with E-state index in [0.717, 1.165) is 0 Å². The van der Waals surface area contributed by atoms with E-state index in [2.05, 4.69) is 11.6 Å². The molecule has 1 aromatic carbocycles. The van der Waals surface area contributed by atoms with Gasteiger partial charge in [0.1, 0.15) is 5.25 Å². The number of carbonyl (C=O) groups is 1. The summed E-state index contributed by atoms with van der Waals surface area (Å²) in [4.78, 5) is 28.7. The quantitative estimate of drug-likeness (QED) is 0.491. The molecule has 21 heavy (non-hydrogen) atoms. The molecule has 2 aromatic rings. The van der Waals surface area contributed by atoms with E-state index in [4.69, 9.17) is 4.74 Å². The highest BCUT2D eigenvalue weighted by molar-refractivity contribution is 8.00. The Hall–Kier alpha value is -2.08. The van der Waals surface area contributed by atoms with Gasteiger partial charge in [0.05, 0.1) is 17.5 Å². The second kappa shape index (κ2) is 5.73.